The molecule has 0 spiro atoms. The zero-order valence-corrected chi connectivity index (χ0v) is 11.5. The van der Waals surface area contributed by atoms with E-state index in [9.17, 15) is 9.59 Å². The Labute approximate surface area is 122 Å². The molecule has 0 aliphatic carbocycles. The highest BCUT2D eigenvalue weighted by Gasteiger charge is 2.19. The van der Waals surface area contributed by atoms with Crippen LogP contribution in [0.25, 0.3) is 11.1 Å². The molecule has 19 heavy (non-hydrogen) atoms. The first-order valence-electron chi connectivity index (χ1n) is 5.01. The van der Waals surface area contributed by atoms with E-state index in [0.29, 0.717) is 0 Å². The van der Waals surface area contributed by atoms with Gasteiger partial charge >= 0.3 is 5.97 Å². The molecule has 0 saturated carbocycles. The number of H-pyrrole nitrogens is 1. The van der Waals surface area contributed by atoms with Crippen molar-refractivity contribution in [3.8, 4) is 11.1 Å². The average Bonchev–Trinajstić information content (AvgIpc) is 2.36. The normalized spacial score (nSPS) is 10.5. The number of rotatable bonds is 2. The summed E-state index contributed by atoms with van der Waals surface area (Å²) >= 11 is 18.0. The lowest BCUT2D eigenvalue weighted by molar-refractivity contribution is 0.0697. The van der Waals surface area contributed by atoms with E-state index in [1.165, 1.54) is 18.3 Å². The number of carboxylic acids is 1. The van der Waals surface area contributed by atoms with Crippen molar-refractivity contribution in [3.05, 3.63) is 55.4 Å². The number of carbonyl (C=O) groups is 1. The van der Waals surface area contributed by atoms with Crippen molar-refractivity contribution in [2.45, 2.75) is 0 Å². The summed E-state index contributed by atoms with van der Waals surface area (Å²) in [4.78, 5) is 24.8. The summed E-state index contributed by atoms with van der Waals surface area (Å²) in [7, 11) is 0. The minimum atomic E-state index is -1.26. The van der Waals surface area contributed by atoms with Crippen LogP contribution in [0.2, 0.25) is 15.1 Å². The fourth-order valence-electron chi connectivity index (χ4n) is 1.63. The number of carboxylic acid groups (broad SMARTS) is 1. The molecule has 2 aromatic rings. The summed E-state index contributed by atoms with van der Waals surface area (Å²) in [5, 5.41) is 9.74. The highest BCUT2D eigenvalue weighted by atomic mass is 35.5. The molecule has 0 saturated heterocycles. The van der Waals surface area contributed by atoms with Gasteiger partial charge in [0, 0.05) is 23.4 Å². The Bertz CT molecular complexity index is 725. The highest BCUT2D eigenvalue weighted by Crippen LogP contribution is 2.39. The molecule has 0 unspecified atom stereocenters. The van der Waals surface area contributed by atoms with Crippen molar-refractivity contribution in [2.75, 3.05) is 0 Å². The molecule has 0 fully saturated rings. The maximum Gasteiger partial charge on any atom is 0.336 e. The Morgan fingerprint density at radius 2 is 1.79 bits per heavy atom. The topological polar surface area (TPSA) is 70.2 Å². The van der Waals surface area contributed by atoms with Crippen LogP contribution in [0.15, 0.2) is 29.2 Å². The molecule has 0 radical (unpaired) electrons. The second-order valence-corrected chi connectivity index (χ2v) is 4.84. The van der Waals surface area contributed by atoms with E-state index < -0.39 is 11.5 Å². The lowest BCUT2D eigenvalue weighted by atomic mass is 10.0. The monoisotopic (exact) mass is 317 g/mol. The molecule has 7 heteroatoms. The summed E-state index contributed by atoms with van der Waals surface area (Å²) < 4.78 is 0. The SMILES string of the molecule is O=C(O)c1cc(=O)[nH]cc1-c1c(Cl)ccc(Cl)c1Cl. The number of aromatic nitrogens is 1. The third-order valence-electron chi connectivity index (χ3n) is 2.47. The Kier molecular flexibility index (Phi) is 3.85. The van der Waals surface area contributed by atoms with Gasteiger partial charge in [0.25, 0.3) is 0 Å². The summed E-state index contributed by atoms with van der Waals surface area (Å²) in [6, 6.07) is 3.97. The molecule has 0 bridgehead atoms. The summed E-state index contributed by atoms with van der Waals surface area (Å²) in [6.07, 6.45) is 1.25. The van der Waals surface area contributed by atoms with E-state index in [4.69, 9.17) is 39.9 Å². The number of pyridine rings is 1. The quantitative estimate of drug-likeness (QED) is 0.829. The first-order valence-corrected chi connectivity index (χ1v) is 6.15. The van der Waals surface area contributed by atoms with E-state index in [2.05, 4.69) is 4.98 Å². The lowest BCUT2D eigenvalue weighted by Crippen LogP contribution is -2.10. The molecule has 0 aliphatic heterocycles. The second-order valence-electron chi connectivity index (χ2n) is 3.65. The van der Waals surface area contributed by atoms with E-state index in [1.54, 1.807) is 0 Å². The smallest absolute Gasteiger partial charge is 0.336 e. The van der Waals surface area contributed by atoms with Gasteiger partial charge in [0.05, 0.1) is 20.6 Å². The van der Waals surface area contributed by atoms with Crippen LogP contribution in [0.3, 0.4) is 0 Å². The molecule has 1 heterocycles. The fourth-order valence-corrected chi connectivity index (χ4v) is 2.36. The predicted octanol–water partition coefficient (Wildman–Crippen LogP) is 3.70. The summed E-state index contributed by atoms with van der Waals surface area (Å²) in [5.41, 5.74) is -0.265. The fraction of sp³-hybridized carbons (Fsp3) is 0. The van der Waals surface area contributed by atoms with Gasteiger partial charge in [-0.1, -0.05) is 34.8 Å². The zero-order chi connectivity index (χ0) is 14.2. The van der Waals surface area contributed by atoms with Crippen LogP contribution in [0.4, 0.5) is 0 Å². The maximum atomic E-state index is 11.2. The Morgan fingerprint density at radius 1 is 1.16 bits per heavy atom. The van der Waals surface area contributed by atoms with E-state index >= 15 is 0 Å². The third-order valence-corrected chi connectivity index (χ3v) is 3.59. The van der Waals surface area contributed by atoms with E-state index in [-0.39, 0.29) is 31.8 Å². The van der Waals surface area contributed by atoms with E-state index in [0.717, 1.165) is 6.07 Å². The van der Waals surface area contributed by atoms with Crippen LogP contribution < -0.4 is 5.56 Å². The second kappa shape index (κ2) is 5.25. The number of aromatic carboxylic acids is 1. The van der Waals surface area contributed by atoms with Crippen LogP contribution in [0.5, 0.6) is 0 Å². The number of halogens is 3. The molecule has 2 rings (SSSR count). The van der Waals surface area contributed by atoms with Crippen LogP contribution in [0, 0.1) is 0 Å². The molecule has 1 aromatic carbocycles. The van der Waals surface area contributed by atoms with Crippen molar-refractivity contribution in [3.63, 3.8) is 0 Å². The molecule has 2 N–H and O–H groups in total. The molecule has 4 nitrogen and oxygen atoms in total. The molecule has 98 valence electrons. The van der Waals surface area contributed by atoms with Crippen molar-refractivity contribution >= 4 is 40.8 Å². The van der Waals surface area contributed by atoms with E-state index in [1.807, 2.05) is 0 Å². The molecule has 0 atom stereocenters. The Hall–Kier alpha value is -1.49. The van der Waals surface area contributed by atoms with Gasteiger partial charge in [-0.15, -0.1) is 0 Å². The first kappa shape index (κ1) is 13.9. The average molecular weight is 319 g/mol. The summed E-state index contributed by atoms with van der Waals surface area (Å²) in [6.45, 7) is 0. The van der Waals surface area contributed by atoms with Gasteiger partial charge in [-0.05, 0) is 12.1 Å². The van der Waals surface area contributed by atoms with Crippen molar-refractivity contribution in [1.29, 1.82) is 0 Å². The predicted molar refractivity (Wildman–Crippen MR) is 74.5 cm³/mol. The van der Waals surface area contributed by atoms with Gasteiger partial charge in [0.15, 0.2) is 0 Å². The van der Waals surface area contributed by atoms with Crippen molar-refractivity contribution in [2.24, 2.45) is 0 Å². The number of aromatic amines is 1. The molecular formula is C12H6Cl3NO3. The standard InChI is InChI=1S/C12H6Cl3NO3/c13-7-1-2-8(14)11(15)10(7)6-4-16-9(17)3-5(6)12(18)19/h1-4H,(H,16,17)(H,18,19). The van der Waals surface area contributed by atoms with Gasteiger partial charge in [0.2, 0.25) is 5.56 Å². The largest absolute Gasteiger partial charge is 0.478 e. The van der Waals surface area contributed by atoms with Gasteiger partial charge in [-0.3, -0.25) is 4.79 Å². The van der Waals surface area contributed by atoms with Gasteiger partial charge in [0.1, 0.15) is 0 Å². The van der Waals surface area contributed by atoms with Gasteiger partial charge in [-0.2, -0.15) is 0 Å². The maximum absolute atomic E-state index is 11.2. The van der Waals surface area contributed by atoms with Crippen LogP contribution in [-0.2, 0) is 0 Å². The zero-order valence-electron chi connectivity index (χ0n) is 9.21. The number of hydrogen-bond donors (Lipinski definition) is 2. The molecule has 1 aromatic heterocycles. The summed E-state index contributed by atoms with van der Waals surface area (Å²) in [5.74, 6) is -1.26. The van der Waals surface area contributed by atoms with Crippen molar-refractivity contribution in [1.82, 2.24) is 4.98 Å². The minimum Gasteiger partial charge on any atom is -0.478 e. The number of nitrogens with one attached hydrogen (secondary N) is 1. The van der Waals surface area contributed by atoms with Crippen LogP contribution >= 0.6 is 34.8 Å². The number of hydrogen-bond acceptors (Lipinski definition) is 2. The molecule has 0 amide bonds. The third kappa shape index (κ3) is 2.61. The Balaban J connectivity index is 2.83. The lowest BCUT2D eigenvalue weighted by Gasteiger charge is -2.10. The highest BCUT2D eigenvalue weighted by molar-refractivity contribution is 6.46. The van der Waals surface area contributed by atoms with Crippen molar-refractivity contribution < 1.29 is 9.90 Å². The number of benzene rings is 1. The minimum absolute atomic E-state index is 0.128. The van der Waals surface area contributed by atoms with Crippen LogP contribution in [0.1, 0.15) is 10.4 Å². The Morgan fingerprint density at radius 3 is 2.42 bits per heavy atom. The first-order chi connectivity index (χ1) is 8.91. The molecule has 0 aliphatic rings. The molecular weight excluding hydrogens is 312 g/mol. The van der Waals surface area contributed by atoms with Crippen LogP contribution in [-0.4, -0.2) is 16.1 Å². The van der Waals surface area contributed by atoms with Gasteiger partial charge in [-0.25, -0.2) is 4.79 Å². The van der Waals surface area contributed by atoms with Gasteiger partial charge < -0.3 is 10.1 Å².